The zero-order chi connectivity index (χ0) is 17.5. The van der Waals surface area contributed by atoms with E-state index in [2.05, 4.69) is 10.5 Å². The Morgan fingerprint density at radius 2 is 2.25 bits per heavy atom. The van der Waals surface area contributed by atoms with Crippen molar-refractivity contribution < 1.29 is 18.3 Å². The second-order valence-electron chi connectivity index (χ2n) is 5.10. The third-order valence-electron chi connectivity index (χ3n) is 3.21. The number of ether oxygens (including phenoxy) is 1. The van der Waals surface area contributed by atoms with Gasteiger partial charge in [0.1, 0.15) is 16.8 Å². The van der Waals surface area contributed by atoms with Crippen LogP contribution in [0.5, 0.6) is 5.75 Å². The molecule has 0 saturated heterocycles. The molecule has 1 N–H and O–H groups in total. The summed E-state index contributed by atoms with van der Waals surface area (Å²) in [6.45, 7) is 3.78. The van der Waals surface area contributed by atoms with Crippen LogP contribution < -0.4 is 10.1 Å². The smallest absolute Gasteiger partial charge is 0.241 e. The molecule has 1 heterocycles. The maximum atomic E-state index is 12.4. The summed E-state index contributed by atoms with van der Waals surface area (Å²) in [5.41, 5.74) is 0. The number of halogens is 1. The topological polar surface area (TPSA) is 81.4 Å². The number of hydrogen-bond donors (Lipinski definition) is 1. The van der Waals surface area contributed by atoms with Crippen molar-refractivity contribution in [2.24, 2.45) is 0 Å². The van der Waals surface area contributed by atoms with Crippen molar-refractivity contribution in [1.29, 1.82) is 0 Å². The average molecular weight is 371 g/mol. The van der Waals surface area contributed by atoms with E-state index < -0.39 is 16.0 Å². The van der Waals surface area contributed by atoms with E-state index in [4.69, 9.17) is 20.9 Å². The van der Waals surface area contributed by atoms with E-state index in [9.17, 15) is 9.00 Å². The fourth-order valence-corrected chi connectivity index (χ4v) is 3.45. The first-order chi connectivity index (χ1) is 11.5. The second kappa shape index (κ2) is 8.84. The van der Waals surface area contributed by atoms with Crippen LogP contribution in [0.25, 0.3) is 0 Å². The van der Waals surface area contributed by atoms with Crippen molar-refractivity contribution in [3.05, 3.63) is 41.1 Å². The molecule has 2 unspecified atom stereocenters. The van der Waals surface area contributed by atoms with Crippen LogP contribution in [0, 0.1) is 6.92 Å². The summed E-state index contributed by atoms with van der Waals surface area (Å²) in [4.78, 5) is 12.2. The summed E-state index contributed by atoms with van der Waals surface area (Å²) in [6, 6.07) is 8.58. The highest BCUT2D eigenvalue weighted by molar-refractivity contribution is 7.86. The molecule has 0 spiro atoms. The van der Waals surface area contributed by atoms with Crippen LogP contribution >= 0.6 is 11.6 Å². The van der Waals surface area contributed by atoms with E-state index >= 15 is 0 Å². The minimum absolute atomic E-state index is 0.236. The summed E-state index contributed by atoms with van der Waals surface area (Å²) in [5, 5.41) is 6.25. The highest BCUT2D eigenvalue weighted by atomic mass is 35.5. The summed E-state index contributed by atoms with van der Waals surface area (Å²) in [6.07, 6.45) is 0.451. The van der Waals surface area contributed by atoms with Crippen LogP contribution in [0.1, 0.15) is 19.1 Å². The molecule has 2 atom stereocenters. The van der Waals surface area contributed by atoms with Crippen LogP contribution in [0.2, 0.25) is 5.02 Å². The molecule has 8 heteroatoms. The van der Waals surface area contributed by atoms with Crippen molar-refractivity contribution in [3.8, 4) is 5.75 Å². The largest absolute Gasteiger partial charge is 0.493 e. The number of carbonyl (C=O) groups is 1. The van der Waals surface area contributed by atoms with Crippen molar-refractivity contribution in [3.63, 3.8) is 0 Å². The number of nitrogens with zero attached hydrogens (tertiary/aromatic N) is 1. The molecule has 0 aliphatic heterocycles. The van der Waals surface area contributed by atoms with Gasteiger partial charge in [-0.2, -0.15) is 0 Å². The van der Waals surface area contributed by atoms with Crippen LogP contribution in [0.3, 0.4) is 0 Å². The summed E-state index contributed by atoms with van der Waals surface area (Å²) in [5.74, 6) is 1.43. The average Bonchev–Trinajstić information content (AvgIpc) is 2.93. The number of amides is 1. The number of hydrogen-bond acceptors (Lipinski definition) is 5. The Morgan fingerprint density at radius 1 is 1.46 bits per heavy atom. The van der Waals surface area contributed by atoms with Gasteiger partial charge in [-0.25, -0.2) is 0 Å². The Bertz CT molecular complexity index is 720. The highest BCUT2D eigenvalue weighted by Crippen LogP contribution is 2.17. The molecule has 1 amide bonds. The van der Waals surface area contributed by atoms with Crippen molar-refractivity contribution in [2.75, 3.05) is 17.7 Å². The molecule has 0 aliphatic carbocycles. The lowest BCUT2D eigenvalue weighted by Crippen LogP contribution is -2.33. The molecule has 1 aromatic carbocycles. The lowest BCUT2D eigenvalue weighted by molar-refractivity contribution is -0.115. The molecule has 0 saturated carbocycles. The fraction of sp³-hybridized carbons (Fsp3) is 0.375. The zero-order valence-corrected chi connectivity index (χ0v) is 15.0. The van der Waals surface area contributed by atoms with E-state index in [0.29, 0.717) is 28.8 Å². The number of aryl methyl sites for hydroxylation is 1. The number of benzene rings is 1. The third kappa shape index (κ3) is 5.35. The van der Waals surface area contributed by atoms with Gasteiger partial charge in [-0.05, 0) is 31.5 Å². The van der Waals surface area contributed by atoms with Gasteiger partial charge < -0.3 is 14.6 Å². The monoisotopic (exact) mass is 370 g/mol. The lowest BCUT2D eigenvalue weighted by atomic mass is 10.3. The van der Waals surface area contributed by atoms with Gasteiger partial charge >= 0.3 is 0 Å². The molecular weight excluding hydrogens is 352 g/mol. The number of aromatic nitrogens is 1. The van der Waals surface area contributed by atoms with Gasteiger partial charge in [-0.3, -0.25) is 9.00 Å². The molecule has 2 aromatic rings. The fourth-order valence-electron chi connectivity index (χ4n) is 2.06. The Balaban J connectivity index is 1.85. The first-order valence-corrected chi connectivity index (χ1v) is 9.25. The van der Waals surface area contributed by atoms with E-state index in [1.165, 1.54) is 0 Å². The summed E-state index contributed by atoms with van der Waals surface area (Å²) < 4.78 is 22.8. The number of nitrogens with one attached hydrogen (secondary N) is 1. The predicted molar refractivity (Wildman–Crippen MR) is 93.9 cm³/mol. The van der Waals surface area contributed by atoms with E-state index in [1.54, 1.807) is 37.3 Å². The van der Waals surface area contributed by atoms with E-state index in [0.717, 1.165) is 0 Å². The lowest BCUT2D eigenvalue weighted by Gasteiger charge is -2.14. The molecule has 0 fully saturated rings. The standard InChI is InChI=1S/C16H19ClN2O4S/c1-3-14(16(20)18-15-9-11(2)23-19-15)24(21)8-7-22-13-6-4-5-12(17)10-13/h4-6,9-10,14H,3,7-8H2,1-2H3,(H,18,19,20). The van der Waals surface area contributed by atoms with Crippen molar-refractivity contribution >= 4 is 34.1 Å². The molecular formula is C16H19ClN2O4S. The molecule has 0 radical (unpaired) electrons. The Labute approximate surface area is 148 Å². The van der Waals surface area contributed by atoms with E-state index in [-0.39, 0.29) is 18.3 Å². The predicted octanol–water partition coefficient (Wildman–Crippen LogP) is 3.18. The molecule has 0 bridgehead atoms. The van der Waals surface area contributed by atoms with Crippen LogP contribution in [-0.2, 0) is 15.6 Å². The molecule has 6 nitrogen and oxygen atoms in total. The van der Waals surface area contributed by atoms with Crippen LogP contribution in [0.4, 0.5) is 5.82 Å². The summed E-state index contributed by atoms with van der Waals surface area (Å²) >= 11 is 5.87. The van der Waals surface area contributed by atoms with E-state index in [1.807, 2.05) is 6.92 Å². The molecule has 0 aliphatic rings. The van der Waals surface area contributed by atoms with Gasteiger partial charge in [-0.15, -0.1) is 0 Å². The maximum absolute atomic E-state index is 12.4. The first-order valence-electron chi connectivity index (χ1n) is 7.49. The third-order valence-corrected chi connectivity index (χ3v) is 5.20. The van der Waals surface area contributed by atoms with Crippen LogP contribution in [0.15, 0.2) is 34.9 Å². The minimum Gasteiger partial charge on any atom is -0.493 e. The minimum atomic E-state index is -1.36. The van der Waals surface area contributed by atoms with Crippen molar-refractivity contribution in [2.45, 2.75) is 25.5 Å². The molecule has 130 valence electrons. The van der Waals surface area contributed by atoms with Gasteiger partial charge in [0, 0.05) is 21.9 Å². The van der Waals surface area contributed by atoms with Gasteiger partial charge in [0.25, 0.3) is 0 Å². The molecule has 1 aromatic heterocycles. The Kier molecular flexibility index (Phi) is 6.81. The normalized spacial score (nSPS) is 13.3. The molecule has 2 rings (SSSR count). The highest BCUT2D eigenvalue weighted by Gasteiger charge is 2.24. The Hall–Kier alpha value is -1.86. The SMILES string of the molecule is CCC(C(=O)Nc1cc(C)on1)S(=O)CCOc1cccc(Cl)c1. The van der Waals surface area contributed by atoms with Gasteiger partial charge in [-0.1, -0.05) is 29.7 Å². The molecule has 24 heavy (non-hydrogen) atoms. The quantitative estimate of drug-likeness (QED) is 0.771. The van der Waals surface area contributed by atoms with Crippen LogP contribution in [-0.4, -0.2) is 32.9 Å². The number of rotatable bonds is 8. The first kappa shape index (κ1) is 18.5. The summed E-state index contributed by atoms with van der Waals surface area (Å²) in [7, 11) is -1.36. The van der Waals surface area contributed by atoms with Gasteiger partial charge in [0.05, 0.1) is 12.4 Å². The Morgan fingerprint density at radius 3 is 2.88 bits per heavy atom. The second-order valence-corrected chi connectivity index (χ2v) is 7.27. The van der Waals surface area contributed by atoms with Crippen molar-refractivity contribution in [1.82, 2.24) is 5.16 Å². The number of carbonyl (C=O) groups excluding carboxylic acids is 1. The number of anilines is 1. The van der Waals surface area contributed by atoms with Gasteiger partial charge in [0.2, 0.25) is 5.91 Å². The maximum Gasteiger partial charge on any atom is 0.241 e. The van der Waals surface area contributed by atoms with Gasteiger partial charge in [0.15, 0.2) is 5.82 Å². The zero-order valence-electron chi connectivity index (χ0n) is 13.5.